The van der Waals surface area contributed by atoms with E-state index in [0.717, 1.165) is 41.1 Å². The van der Waals surface area contributed by atoms with Crippen LogP contribution in [0.2, 0.25) is 0 Å². The SMILES string of the molecule is O=C(/C=C/C(=O)c1ccc(F)c(F)c1)Nc1ccc2ccccc2c1. The van der Waals surface area contributed by atoms with Crippen LogP contribution < -0.4 is 5.32 Å². The van der Waals surface area contributed by atoms with Crippen LogP contribution in [0.25, 0.3) is 10.8 Å². The van der Waals surface area contributed by atoms with Gasteiger partial charge in [-0.25, -0.2) is 8.78 Å². The molecule has 0 spiro atoms. The van der Waals surface area contributed by atoms with E-state index in [1.807, 2.05) is 36.4 Å². The van der Waals surface area contributed by atoms with Crippen molar-refractivity contribution in [2.75, 3.05) is 5.32 Å². The van der Waals surface area contributed by atoms with Crippen molar-refractivity contribution >= 4 is 28.2 Å². The number of amides is 1. The van der Waals surface area contributed by atoms with E-state index in [1.54, 1.807) is 6.07 Å². The predicted octanol–water partition coefficient (Wildman–Crippen LogP) is 4.50. The van der Waals surface area contributed by atoms with Crippen molar-refractivity contribution in [1.82, 2.24) is 0 Å². The van der Waals surface area contributed by atoms with Crippen LogP contribution in [0.15, 0.2) is 72.8 Å². The molecule has 0 aliphatic carbocycles. The number of rotatable bonds is 4. The first-order valence-corrected chi connectivity index (χ1v) is 7.50. The molecule has 3 aromatic carbocycles. The Bertz CT molecular complexity index is 996. The van der Waals surface area contributed by atoms with E-state index in [0.29, 0.717) is 5.69 Å². The van der Waals surface area contributed by atoms with Gasteiger partial charge < -0.3 is 5.32 Å². The van der Waals surface area contributed by atoms with Crippen LogP contribution >= 0.6 is 0 Å². The van der Waals surface area contributed by atoms with Gasteiger partial charge in [-0.1, -0.05) is 30.3 Å². The van der Waals surface area contributed by atoms with E-state index in [-0.39, 0.29) is 5.56 Å². The first-order chi connectivity index (χ1) is 12.0. The second-order valence-electron chi connectivity index (χ2n) is 5.38. The third-order valence-electron chi connectivity index (χ3n) is 3.61. The van der Waals surface area contributed by atoms with Gasteiger partial charge in [0.2, 0.25) is 5.91 Å². The lowest BCUT2D eigenvalue weighted by molar-refractivity contribution is -0.111. The number of carbonyl (C=O) groups excluding carboxylic acids is 2. The van der Waals surface area contributed by atoms with Crippen LogP contribution in [-0.2, 0) is 4.79 Å². The maximum absolute atomic E-state index is 13.1. The molecule has 3 aromatic rings. The smallest absolute Gasteiger partial charge is 0.248 e. The number of fused-ring (bicyclic) bond motifs is 1. The number of allylic oxidation sites excluding steroid dienone is 1. The summed E-state index contributed by atoms with van der Waals surface area (Å²) in [6.07, 6.45) is 2.07. The molecule has 0 aromatic heterocycles. The Morgan fingerprint density at radius 1 is 0.800 bits per heavy atom. The Hall–Kier alpha value is -3.34. The summed E-state index contributed by atoms with van der Waals surface area (Å²) in [5.41, 5.74) is 0.558. The zero-order chi connectivity index (χ0) is 17.8. The first-order valence-electron chi connectivity index (χ1n) is 7.50. The fourth-order valence-electron chi connectivity index (χ4n) is 2.35. The van der Waals surface area contributed by atoms with Crippen molar-refractivity contribution in [1.29, 1.82) is 0 Å². The second-order valence-corrected chi connectivity index (χ2v) is 5.38. The lowest BCUT2D eigenvalue weighted by Crippen LogP contribution is -2.08. The highest BCUT2D eigenvalue weighted by atomic mass is 19.2. The monoisotopic (exact) mass is 337 g/mol. The number of anilines is 1. The van der Waals surface area contributed by atoms with Crippen LogP contribution in [0.3, 0.4) is 0 Å². The van der Waals surface area contributed by atoms with Crippen LogP contribution in [0.1, 0.15) is 10.4 Å². The standard InChI is InChI=1S/C20H13F2NO2/c21-17-8-6-15(12-18(17)22)19(24)9-10-20(25)23-16-7-5-13-3-1-2-4-14(13)11-16/h1-12H,(H,23,25)/b10-9+. The highest BCUT2D eigenvalue weighted by molar-refractivity contribution is 6.10. The molecule has 5 heteroatoms. The van der Waals surface area contributed by atoms with Gasteiger partial charge in [0.05, 0.1) is 0 Å². The molecule has 3 rings (SSSR count). The van der Waals surface area contributed by atoms with Crippen molar-refractivity contribution in [3.8, 4) is 0 Å². The lowest BCUT2D eigenvalue weighted by atomic mass is 10.1. The summed E-state index contributed by atoms with van der Waals surface area (Å²) in [5.74, 6) is -3.23. The van der Waals surface area contributed by atoms with Gasteiger partial charge in [0.1, 0.15) is 0 Å². The number of ketones is 1. The molecule has 3 nitrogen and oxygen atoms in total. The van der Waals surface area contributed by atoms with Gasteiger partial charge in [0, 0.05) is 17.3 Å². The second kappa shape index (κ2) is 7.05. The fourth-order valence-corrected chi connectivity index (χ4v) is 2.35. The van der Waals surface area contributed by atoms with E-state index < -0.39 is 23.3 Å². The van der Waals surface area contributed by atoms with Crippen LogP contribution in [0, 0.1) is 11.6 Å². The van der Waals surface area contributed by atoms with E-state index >= 15 is 0 Å². The number of hydrogen-bond acceptors (Lipinski definition) is 2. The number of hydrogen-bond donors (Lipinski definition) is 1. The van der Waals surface area contributed by atoms with Crippen LogP contribution in [0.5, 0.6) is 0 Å². The Morgan fingerprint density at radius 3 is 2.32 bits per heavy atom. The zero-order valence-corrected chi connectivity index (χ0v) is 13.0. The minimum absolute atomic E-state index is 0.0337. The molecule has 1 amide bonds. The fraction of sp³-hybridized carbons (Fsp3) is 0. The lowest BCUT2D eigenvalue weighted by Gasteiger charge is -2.04. The topological polar surface area (TPSA) is 46.2 Å². The quantitative estimate of drug-likeness (QED) is 0.563. The third kappa shape index (κ3) is 3.95. The molecule has 0 aliphatic rings. The van der Waals surface area contributed by atoms with Gasteiger partial charge in [0.15, 0.2) is 17.4 Å². The highest BCUT2D eigenvalue weighted by Crippen LogP contribution is 2.18. The van der Waals surface area contributed by atoms with Gasteiger partial charge in [-0.2, -0.15) is 0 Å². The molecule has 0 saturated heterocycles. The maximum Gasteiger partial charge on any atom is 0.248 e. The van der Waals surface area contributed by atoms with Gasteiger partial charge in [-0.15, -0.1) is 0 Å². The third-order valence-corrected chi connectivity index (χ3v) is 3.61. The number of halogens is 2. The molecular weight excluding hydrogens is 324 g/mol. The highest BCUT2D eigenvalue weighted by Gasteiger charge is 2.08. The minimum Gasteiger partial charge on any atom is -0.322 e. The maximum atomic E-state index is 13.1. The molecule has 0 radical (unpaired) electrons. The number of nitrogens with one attached hydrogen (secondary N) is 1. The van der Waals surface area contributed by atoms with Crippen molar-refractivity contribution in [3.63, 3.8) is 0 Å². The molecule has 0 atom stereocenters. The minimum atomic E-state index is -1.11. The van der Waals surface area contributed by atoms with E-state index in [1.165, 1.54) is 0 Å². The Morgan fingerprint density at radius 2 is 1.56 bits per heavy atom. The molecule has 0 saturated carbocycles. The molecule has 25 heavy (non-hydrogen) atoms. The van der Waals surface area contributed by atoms with Gasteiger partial charge in [-0.3, -0.25) is 9.59 Å². The van der Waals surface area contributed by atoms with Gasteiger partial charge >= 0.3 is 0 Å². The van der Waals surface area contributed by atoms with Crippen LogP contribution in [-0.4, -0.2) is 11.7 Å². The molecule has 0 heterocycles. The Balaban J connectivity index is 1.69. The molecular formula is C20H13F2NO2. The largest absolute Gasteiger partial charge is 0.322 e. The Kier molecular flexibility index (Phi) is 4.66. The molecule has 0 fully saturated rings. The molecule has 0 bridgehead atoms. The summed E-state index contributed by atoms with van der Waals surface area (Å²) >= 11 is 0. The summed E-state index contributed by atoms with van der Waals surface area (Å²) in [6.45, 7) is 0. The molecule has 124 valence electrons. The van der Waals surface area contributed by atoms with Crippen molar-refractivity contribution in [2.24, 2.45) is 0 Å². The van der Waals surface area contributed by atoms with Gasteiger partial charge in [0.25, 0.3) is 0 Å². The van der Waals surface area contributed by atoms with Gasteiger partial charge in [-0.05, 0) is 47.2 Å². The summed E-state index contributed by atoms with van der Waals surface area (Å²) in [7, 11) is 0. The number of carbonyl (C=O) groups is 2. The average Bonchev–Trinajstić information content (AvgIpc) is 2.62. The van der Waals surface area contributed by atoms with Crippen molar-refractivity contribution in [3.05, 3.63) is 90.0 Å². The number of benzene rings is 3. The van der Waals surface area contributed by atoms with Crippen molar-refractivity contribution in [2.45, 2.75) is 0 Å². The zero-order valence-electron chi connectivity index (χ0n) is 13.0. The van der Waals surface area contributed by atoms with Crippen LogP contribution in [0.4, 0.5) is 14.5 Å². The first kappa shape index (κ1) is 16.5. The molecule has 1 N–H and O–H groups in total. The normalized spacial score (nSPS) is 11.0. The van der Waals surface area contributed by atoms with E-state index in [9.17, 15) is 18.4 Å². The van der Waals surface area contributed by atoms with Crippen molar-refractivity contribution < 1.29 is 18.4 Å². The van der Waals surface area contributed by atoms with E-state index in [2.05, 4.69) is 5.32 Å². The summed E-state index contributed by atoms with van der Waals surface area (Å²) in [6, 6.07) is 16.0. The Labute approximate surface area is 142 Å². The molecule has 0 unspecified atom stereocenters. The average molecular weight is 337 g/mol. The predicted molar refractivity (Wildman–Crippen MR) is 92.4 cm³/mol. The summed E-state index contributed by atoms with van der Waals surface area (Å²) < 4.78 is 26.0. The molecule has 0 aliphatic heterocycles. The summed E-state index contributed by atoms with van der Waals surface area (Å²) in [5, 5.41) is 4.67. The summed E-state index contributed by atoms with van der Waals surface area (Å²) in [4.78, 5) is 23.8. The van der Waals surface area contributed by atoms with E-state index in [4.69, 9.17) is 0 Å².